The molecule has 2 heterocycles. The molecule has 0 aliphatic carbocycles. The fraction of sp³-hybridized carbons (Fsp3) is 0.562. The molecule has 1 N–H and O–H groups in total. The maximum atomic E-state index is 11.9. The molecule has 2 aliphatic heterocycles. The maximum Gasteiger partial charge on any atom is 0.221 e. The predicted molar refractivity (Wildman–Crippen MR) is 83.4 cm³/mol. The second-order valence-electron chi connectivity index (χ2n) is 5.69. The largest absolute Gasteiger partial charge is 0.366 e. The van der Waals surface area contributed by atoms with E-state index in [9.17, 15) is 4.79 Å². The number of ether oxygens (including phenoxy) is 1. The van der Waals surface area contributed by atoms with E-state index in [0.29, 0.717) is 12.5 Å². The lowest BCUT2D eigenvalue weighted by molar-refractivity contribution is -0.132. The van der Waals surface area contributed by atoms with Crippen LogP contribution < -0.4 is 5.32 Å². The van der Waals surface area contributed by atoms with E-state index in [-0.39, 0.29) is 12.1 Å². The van der Waals surface area contributed by atoms with E-state index < -0.39 is 5.60 Å². The molecule has 2 aliphatic rings. The van der Waals surface area contributed by atoms with Gasteiger partial charge in [-0.25, -0.2) is 0 Å². The van der Waals surface area contributed by atoms with Crippen LogP contribution in [0.2, 0.25) is 0 Å². The number of amides is 1. The Morgan fingerprint density at radius 1 is 1.48 bits per heavy atom. The molecule has 114 valence electrons. The first kappa shape index (κ1) is 14.7. The molecule has 21 heavy (non-hydrogen) atoms. The van der Waals surface area contributed by atoms with Crippen molar-refractivity contribution in [3.8, 4) is 0 Å². The lowest BCUT2D eigenvalue weighted by Crippen LogP contribution is -2.46. The lowest BCUT2D eigenvalue weighted by atomic mass is 9.92. The topological polar surface area (TPSA) is 41.6 Å². The van der Waals surface area contributed by atoms with Gasteiger partial charge in [0, 0.05) is 43.6 Å². The van der Waals surface area contributed by atoms with Crippen LogP contribution in [0.4, 0.5) is 5.69 Å². The summed E-state index contributed by atoms with van der Waals surface area (Å²) in [5, 5.41) is 3.46. The number of nitrogens with zero attached hydrogens (tertiary/aromatic N) is 1. The molecule has 0 saturated carbocycles. The Morgan fingerprint density at radius 2 is 2.29 bits per heavy atom. The lowest BCUT2D eigenvalue weighted by Gasteiger charge is -2.32. The monoisotopic (exact) mass is 308 g/mol. The minimum atomic E-state index is -0.408. The van der Waals surface area contributed by atoms with Crippen LogP contribution in [0.5, 0.6) is 0 Å². The minimum Gasteiger partial charge on any atom is -0.366 e. The summed E-state index contributed by atoms with van der Waals surface area (Å²) in [5.74, 6) is 0.750. The van der Waals surface area contributed by atoms with Gasteiger partial charge in [0.2, 0.25) is 5.91 Å². The first-order valence-electron chi connectivity index (χ1n) is 7.52. The Kier molecular flexibility index (Phi) is 4.09. The van der Waals surface area contributed by atoms with Crippen LogP contribution in [0.1, 0.15) is 31.7 Å². The molecule has 4 nitrogen and oxygen atoms in total. The van der Waals surface area contributed by atoms with Crippen molar-refractivity contribution < 1.29 is 9.53 Å². The van der Waals surface area contributed by atoms with Crippen molar-refractivity contribution in [3.63, 3.8) is 0 Å². The maximum absolute atomic E-state index is 11.9. The average molecular weight is 309 g/mol. The van der Waals surface area contributed by atoms with Gasteiger partial charge in [0.05, 0.1) is 0 Å². The van der Waals surface area contributed by atoms with Crippen LogP contribution in [0.3, 0.4) is 0 Å². The number of carbonyl (C=O) groups excluding carboxylic acids is 1. The highest BCUT2D eigenvalue weighted by Gasteiger charge is 2.55. The number of hydrogen-bond acceptors (Lipinski definition) is 3. The van der Waals surface area contributed by atoms with Crippen molar-refractivity contribution in [3.05, 3.63) is 29.8 Å². The second kappa shape index (κ2) is 5.85. The smallest absolute Gasteiger partial charge is 0.221 e. The molecule has 3 rings (SSSR count). The number of carbonyl (C=O) groups is 1. The number of likely N-dealkylation sites (tertiary alicyclic amines) is 1. The van der Waals surface area contributed by atoms with Crippen LogP contribution >= 0.6 is 11.6 Å². The average Bonchev–Trinajstić information content (AvgIpc) is 2.97. The van der Waals surface area contributed by atoms with Crippen molar-refractivity contribution in [2.24, 2.45) is 0 Å². The first-order valence-corrected chi connectivity index (χ1v) is 8.05. The Labute approximate surface area is 130 Å². The molecule has 0 bridgehead atoms. The molecule has 2 atom stereocenters. The normalized spacial score (nSPS) is 26.4. The summed E-state index contributed by atoms with van der Waals surface area (Å²) in [6.07, 6.45) is 2.64. The van der Waals surface area contributed by atoms with Gasteiger partial charge in [-0.3, -0.25) is 4.79 Å². The Morgan fingerprint density at radius 3 is 3.05 bits per heavy atom. The van der Waals surface area contributed by atoms with Gasteiger partial charge in [-0.15, -0.1) is 11.6 Å². The van der Waals surface area contributed by atoms with E-state index >= 15 is 0 Å². The van der Waals surface area contributed by atoms with Crippen LogP contribution in [-0.2, 0) is 15.1 Å². The van der Waals surface area contributed by atoms with E-state index in [2.05, 4.69) is 17.4 Å². The molecule has 0 radical (unpaired) electrons. The fourth-order valence-corrected chi connectivity index (χ4v) is 3.61. The molecule has 0 aromatic heterocycles. The molecule has 1 fully saturated rings. The number of benzene rings is 1. The van der Waals surface area contributed by atoms with E-state index in [4.69, 9.17) is 16.3 Å². The number of unbranched alkanes of at least 4 members (excludes halogenated alkanes) is 1. The third-order valence-corrected chi connectivity index (χ3v) is 4.71. The summed E-state index contributed by atoms with van der Waals surface area (Å²) in [7, 11) is 0. The summed E-state index contributed by atoms with van der Waals surface area (Å²) in [4.78, 5) is 13.7. The summed E-state index contributed by atoms with van der Waals surface area (Å²) >= 11 is 5.73. The number of hydrogen-bond donors (Lipinski definition) is 1. The molecule has 1 saturated heterocycles. The third-order valence-electron chi connectivity index (χ3n) is 4.44. The highest BCUT2D eigenvalue weighted by molar-refractivity contribution is 6.17. The van der Waals surface area contributed by atoms with E-state index in [1.807, 2.05) is 17.0 Å². The molecule has 0 spiro atoms. The van der Waals surface area contributed by atoms with Gasteiger partial charge < -0.3 is 15.0 Å². The number of halogens is 1. The van der Waals surface area contributed by atoms with Gasteiger partial charge in [-0.2, -0.15) is 0 Å². The first-order chi connectivity index (χ1) is 10.2. The van der Waals surface area contributed by atoms with E-state index in [1.165, 1.54) is 5.56 Å². The standard InChI is InChI=1S/C16H21ClN2O2/c1-12(20)19-10-8-16(21-11-5-4-9-17)13-6-2-3-7-14(13)18-15(16)19/h2-3,6-7,15,18H,4-5,8-11H2,1H3/t15-,16+/m0/s1. The highest BCUT2D eigenvalue weighted by Crippen LogP contribution is 2.49. The summed E-state index contributed by atoms with van der Waals surface area (Å²) in [5.41, 5.74) is 1.84. The van der Waals surface area contributed by atoms with Gasteiger partial charge in [0.25, 0.3) is 0 Å². The van der Waals surface area contributed by atoms with E-state index in [1.54, 1.807) is 6.92 Å². The summed E-state index contributed by atoms with van der Waals surface area (Å²) in [6.45, 7) is 3.02. The van der Waals surface area contributed by atoms with Crippen LogP contribution in [-0.4, -0.2) is 36.0 Å². The van der Waals surface area contributed by atoms with Crippen molar-refractivity contribution in [2.75, 3.05) is 24.3 Å². The highest BCUT2D eigenvalue weighted by atomic mass is 35.5. The SMILES string of the molecule is CC(=O)N1CC[C@@]2(OCCCCCl)c3ccccc3N[C@@H]12. The predicted octanol–water partition coefficient (Wildman–Crippen LogP) is 2.92. The molecule has 1 aromatic carbocycles. The van der Waals surface area contributed by atoms with Gasteiger partial charge >= 0.3 is 0 Å². The zero-order valence-corrected chi connectivity index (χ0v) is 13.0. The summed E-state index contributed by atoms with van der Waals surface area (Å²) in [6, 6.07) is 8.19. The van der Waals surface area contributed by atoms with Gasteiger partial charge in [-0.1, -0.05) is 18.2 Å². The molecule has 5 heteroatoms. The van der Waals surface area contributed by atoms with Crippen LogP contribution in [0.25, 0.3) is 0 Å². The quantitative estimate of drug-likeness (QED) is 0.672. The number of alkyl halides is 1. The number of rotatable bonds is 5. The third kappa shape index (κ3) is 2.40. The molecular weight excluding hydrogens is 288 g/mol. The zero-order valence-electron chi connectivity index (χ0n) is 12.3. The van der Waals surface area contributed by atoms with Gasteiger partial charge in [0.15, 0.2) is 0 Å². The van der Waals surface area contributed by atoms with Crippen LogP contribution in [0.15, 0.2) is 24.3 Å². The zero-order chi connectivity index (χ0) is 14.9. The van der Waals surface area contributed by atoms with Crippen molar-refractivity contribution >= 4 is 23.2 Å². The minimum absolute atomic E-state index is 0.0894. The fourth-order valence-electron chi connectivity index (χ4n) is 3.42. The molecule has 1 amide bonds. The van der Waals surface area contributed by atoms with Gasteiger partial charge in [0.1, 0.15) is 11.8 Å². The second-order valence-corrected chi connectivity index (χ2v) is 6.07. The van der Waals surface area contributed by atoms with Gasteiger partial charge in [-0.05, 0) is 18.9 Å². The molecular formula is C16H21ClN2O2. The van der Waals surface area contributed by atoms with Crippen molar-refractivity contribution in [1.82, 2.24) is 4.90 Å². The van der Waals surface area contributed by atoms with Crippen molar-refractivity contribution in [1.29, 1.82) is 0 Å². The van der Waals surface area contributed by atoms with Crippen LogP contribution in [0, 0.1) is 0 Å². The van der Waals surface area contributed by atoms with E-state index in [0.717, 1.165) is 31.5 Å². The Hall–Kier alpha value is -1.26. The molecule has 0 unspecified atom stereocenters. The molecule has 1 aromatic rings. The number of fused-ring (bicyclic) bond motifs is 3. The number of anilines is 1. The Bertz CT molecular complexity index is 537. The number of para-hydroxylation sites is 1. The summed E-state index contributed by atoms with van der Waals surface area (Å²) < 4.78 is 6.31. The Balaban J connectivity index is 1.87. The number of nitrogens with one attached hydrogen (secondary N) is 1. The van der Waals surface area contributed by atoms with Crippen molar-refractivity contribution in [2.45, 2.75) is 38.0 Å².